The van der Waals surface area contributed by atoms with Crippen LogP contribution in [-0.4, -0.2) is 4.57 Å². The van der Waals surface area contributed by atoms with Crippen molar-refractivity contribution in [2.75, 3.05) is 0 Å². The van der Waals surface area contributed by atoms with Gasteiger partial charge in [-0.2, -0.15) is 0 Å². The summed E-state index contributed by atoms with van der Waals surface area (Å²) < 4.78 is 32.1. The van der Waals surface area contributed by atoms with Crippen LogP contribution in [-0.2, 0) is 4.57 Å². The Kier molecular flexibility index (Phi) is 7.14. The van der Waals surface area contributed by atoms with Crippen LogP contribution < -0.4 is 25.4 Å². The third-order valence-electron chi connectivity index (χ3n) is 11.7. The van der Waals surface area contributed by atoms with Crippen LogP contribution in [0.5, 0.6) is 23.0 Å². The normalized spacial score (nSPS) is 15.1. The second-order valence-corrected chi connectivity index (χ2v) is 17.6. The van der Waals surface area contributed by atoms with Gasteiger partial charge in [-0.05, 0) is 132 Å². The van der Waals surface area contributed by atoms with E-state index in [0.717, 1.165) is 39.1 Å². The quantitative estimate of drug-likeness (QED) is 0.169. The maximum Gasteiger partial charge on any atom is 0.185 e. The summed E-state index contributed by atoms with van der Waals surface area (Å²) in [5.74, 6) is 2.35. The summed E-state index contributed by atoms with van der Waals surface area (Å²) in [6.07, 6.45) is 0. The van der Waals surface area contributed by atoms with Crippen LogP contribution in [0, 0.1) is 20.8 Å². The Labute approximate surface area is 325 Å². The smallest absolute Gasteiger partial charge is 0.185 e. The van der Waals surface area contributed by atoms with E-state index in [4.69, 9.17) is 9.47 Å². The molecule has 0 bridgehead atoms. The highest BCUT2D eigenvalue weighted by Crippen LogP contribution is 2.59. The van der Waals surface area contributed by atoms with Crippen molar-refractivity contribution < 1.29 is 14.0 Å². The van der Waals surface area contributed by atoms with Crippen LogP contribution in [0.4, 0.5) is 0 Å². The fourth-order valence-electron chi connectivity index (χ4n) is 9.03. The predicted octanol–water partition coefficient (Wildman–Crippen LogP) is 12.6. The van der Waals surface area contributed by atoms with Crippen LogP contribution in [0.1, 0.15) is 16.7 Å². The van der Waals surface area contributed by atoms with Crippen molar-refractivity contribution in [3.05, 3.63) is 180 Å². The lowest BCUT2D eigenvalue weighted by Crippen LogP contribution is -2.35. The molecule has 0 aliphatic carbocycles. The molecule has 0 amide bonds. The van der Waals surface area contributed by atoms with E-state index in [1.807, 2.05) is 42.5 Å². The van der Waals surface area contributed by atoms with Crippen LogP contribution >= 0.6 is 7.14 Å². The first-order valence-electron chi connectivity index (χ1n) is 19.0. The molecule has 2 aliphatic heterocycles. The van der Waals surface area contributed by atoms with Crippen molar-refractivity contribution in [2.24, 2.45) is 0 Å². The molecular formula is C51H36NO3P. The van der Waals surface area contributed by atoms with Crippen molar-refractivity contribution in [3.8, 4) is 62.1 Å². The first-order valence-corrected chi connectivity index (χ1v) is 20.7. The highest BCUT2D eigenvalue weighted by molar-refractivity contribution is 7.86. The van der Waals surface area contributed by atoms with Crippen molar-refractivity contribution in [2.45, 2.75) is 20.8 Å². The van der Waals surface area contributed by atoms with Gasteiger partial charge in [0.2, 0.25) is 0 Å². The Hall–Kier alpha value is -6.61. The first-order chi connectivity index (χ1) is 27.4. The molecule has 4 nitrogen and oxygen atoms in total. The van der Waals surface area contributed by atoms with E-state index in [0.29, 0.717) is 38.9 Å². The van der Waals surface area contributed by atoms with E-state index in [1.165, 1.54) is 38.5 Å². The van der Waals surface area contributed by atoms with Crippen LogP contribution in [0.2, 0.25) is 0 Å². The minimum Gasteiger partial charge on any atom is -0.456 e. The fraction of sp³-hybridized carbons (Fsp3) is 0.0588. The molecule has 0 saturated carbocycles. The number of aryl methyl sites for hydroxylation is 3. The summed E-state index contributed by atoms with van der Waals surface area (Å²) in [6, 6.07) is 56.8. The van der Waals surface area contributed by atoms with Crippen molar-refractivity contribution in [1.82, 2.24) is 4.57 Å². The summed E-state index contributed by atoms with van der Waals surface area (Å²) in [5, 5.41) is 4.46. The zero-order valence-corrected chi connectivity index (χ0v) is 32.1. The third kappa shape index (κ3) is 4.76. The molecule has 56 heavy (non-hydrogen) atoms. The molecule has 3 heterocycles. The number of rotatable bonds is 4. The second-order valence-electron chi connectivity index (χ2n) is 15.0. The lowest BCUT2D eigenvalue weighted by Gasteiger charge is -2.35. The zero-order valence-electron chi connectivity index (χ0n) is 31.2. The maximum atomic E-state index is 16.1. The highest BCUT2D eigenvalue weighted by atomic mass is 31.2. The molecule has 2 aliphatic rings. The van der Waals surface area contributed by atoms with E-state index in [-0.39, 0.29) is 0 Å². The Morgan fingerprint density at radius 1 is 0.446 bits per heavy atom. The van der Waals surface area contributed by atoms with Gasteiger partial charge in [-0.1, -0.05) is 103 Å². The summed E-state index contributed by atoms with van der Waals surface area (Å²) in [6.45, 7) is 6.37. The molecule has 11 rings (SSSR count). The predicted molar refractivity (Wildman–Crippen MR) is 231 cm³/mol. The van der Waals surface area contributed by atoms with Gasteiger partial charge in [0.05, 0.1) is 21.6 Å². The maximum absolute atomic E-state index is 16.1. The number of ether oxygens (including phenoxy) is 2. The molecule has 268 valence electrons. The van der Waals surface area contributed by atoms with Crippen molar-refractivity contribution in [1.29, 1.82) is 0 Å². The molecular weight excluding hydrogens is 706 g/mol. The first kappa shape index (κ1) is 32.8. The average molecular weight is 742 g/mol. The SMILES string of the molecule is Cc1ccccc1-c1ccc2c(c1)Oc1cc(-c3ccc(-n4c5ccccc5c5ccccc54)cc3)cc3c1P2(=O)c1ccc(-c2c(C)cccc2C)cc1O3. The molecule has 1 aromatic heterocycles. The third-order valence-corrected chi connectivity index (χ3v) is 14.8. The molecule has 0 saturated heterocycles. The van der Waals surface area contributed by atoms with Gasteiger partial charge in [-0.25, -0.2) is 0 Å². The van der Waals surface area contributed by atoms with Crippen LogP contribution in [0.15, 0.2) is 164 Å². The van der Waals surface area contributed by atoms with Crippen LogP contribution in [0.3, 0.4) is 0 Å². The number of fused-ring (bicyclic) bond motifs is 7. The molecule has 5 heteroatoms. The van der Waals surface area contributed by atoms with Gasteiger partial charge in [-0.15, -0.1) is 0 Å². The molecule has 9 aromatic rings. The molecule has 8 aromatic carbocycles. The standard InChI is InChI=1S/C51H36NO3P/c1-31-11-4-5-14-39(31)35-21-25-48-44(27-35)54-46-29-37(34-19-23-38(24-20-34)52-42-17-8-6-15-40(42)41-16-7-9-18-43(41)52)30-47-51(46)56(48,53)49-26-22-36(28-45(49)55-47)50-32(2)12-10-13-33(50)3/h4-30H,1-3H3. The van der Waals surface area contributed by atoms with E-state index in [2.05, 4.69) is 147 Å². The Morgan fingerprint density at radius 3 is 1.57 bits per heavy atom. The van der Waals surface area contributed by atoms with Gasteiger partial charge in [-0.3, -0.25) is 0 Å². The van der Waals surface area contributed by atoms with Gasteiger partial charge in [0, 0.05) is 16.5 Å². The monoisotopic (exact) mass is 741 g/mol. The number of para-hydroxylation sites is 2. The zero-order chi connectivity index (χ0) is 37.7. The number of benzene rings is 8. The Bertz CT molecular complexity index is 3080. The van der Waals surface area contributed by atoms with Gasteiger partial charge < -0.3 is 18.6 Å². The van der Waals surface area contributed by atoms with Crippen molar-refractivity contribution in [3.63, 3.8) is 0 Å². The van der Waals surface area contributed by atoms with Crippen LogP contribution in [0.25, 0.3) is 60.9 Å². The van der Waals surface area contributed by atoms with Gasteiger partial charge in [0.25, 0.3) is 0 Å². The summed E-state index contributed by atoms with van der Waals surface area (Å²) in [7, 11) is -3.43. The largest absolute Gasteiger partial charge is 0.456 e. The summed E-state index contributed by atoms with van der Waals surface area (Å²) in [4.78, 5) is 0. The van der Waals surface area contributed by atoms with E-state index < -0.39 is 7.14 Å². The number of hydrogen-bond acceptors (Lipinski definition) is 3. The van der Waals surface area contributed by atoms with E-state index >= 15 is 4.57 Å². The fourth-order valence-corrected chi connectivity index (χ4v) is 12.0. The summed E-state index contributed by atoms with van der Waals surface area (Å²) in [5.41, 5.74) is 13.2. The molecule has 0 radical (unpaired) electrons. The van der Waals surface area contributed by atoms with E-state index in [1.54, 1.807) is 0 Å². The Morgan fingerprint density at radius 2 is 0.946 bits per heavy atom. The van der Waals surface area contributed by atoms with Gasteiger partial charge in [0.15, 0.2) is 7.14 Å². The minimum atomic E-state index is -3.43. The lowest BCUT2D eigenvalue weighted by atomic mass is 9.96. The minimum absolute atomic E-state index is 0.561. The number of hydrogen-bond donors (Lipinski definition) is 0. The lowest BCUT2D eigenvalue weighted by molar-refractivity contribution is 0.462. The number of aromatic nitrogens is 1. The molecule has 1 atom stereocenters. The topological polar surface area (TPSA) is 40.5 Å². The van der Waals surface area contributed by atoms with E-state index in [9.17, 15) is 0 Å². The highest BCUT2D eigenvalue weighted by Gasteiger charge is 2.47. The number of nitrogens with zero attached hydrogens (tertiary/aromatic N) is 1. The summed E-state index contributed by atoms with van der Waals surface area (Å²) >= 11 is 0. The van der Waals surface area contributed by atoms with Gasteiger partial charge >= 0.3 is 0 Å². The Balaban J connectivity index is 1.08. The average Bonchev–Trinajstić information content (AvgIpc) is 3.55. The molecule has 0 fully saturated rings. The van der Waals surface area contributed by atoms with Gasteiger partial charge in [0.1, 0.15) is 28.3 Å². The molecule has 0 spiro atoms. The second kappa shape index (κ2) is 12.2. The molecule has 1 unspecified atom stereocenters. The molecule has 0 N–H and O–H groups in total. The van der Waals surface area contributed by atoms with Crippen molar-refractivity contribution >= 4 is 44.9 Å².